The van der Waals surface area contributed by atoms with Crippen LogP contribution >= 0.6 is 11.3 Å². The number of carbonyl (C=O) groups excluding carboxylic acids is 2. The number of hydrogen-bond acceptors (Lipinski definition) is 4. The van der Waals surface area contributed by atoms with Crippen LogP contribution in [0.4, 0.5) is 4.39 Å². The third-order valence-electron chi connectivity index (χ3n) is 3.36. The summed E-state index contributed by atoms with van der Waals surface area (Å²) in [6.45, 7) is 0.607. The van der Waals surface area contributed by atoms with Gasteiger partial charge in [0.15, 0.2) is 0 Å². The number of esters is 1. The maximum Gasteiger partial charge on any atom is 0.307 e. The zero-order chi connectivity index (χ0) is 16.7. The van der Waals surface area contributed by atoms with E-state index in [1.54, 1.807) is 17.0 Å². The lowest BCUT2D eigenvalue weighted by Gasteiger charge is -2.22. The van der Waals surface area contributed by atoms with E-state index in [0.29, 0.717) is 13.0 Å². The van der Waals surface area contributed by atoms with E-state index < -0.39 is 0 Å². The van der Waals surface area contributed by atoms with E-state index >= 15 is 0 Å². The van der Waals surface area contributed by atoms with E-state index in [1.807, 2.05) is 17.5 Å². The second-order valence-electron chi connectivity index (χ2n) is 5.02. The molecule has 0 fully saturated rings. The summed E-state index contributed by atoms with van der Waals surface area (Å²) < 4.78 is 17.6. The van der Waals surface area contributed by atoms with Crippen LogP contribution in [0.3, 0.4) is 0 Å². The van der Waals surface area contributed by atoms with Gasteiger partial charge in [-0.25, -0.2) is 4.39 Å². The lowest BCUT2D eigenvalue weighted by atomic mass is 10.2. The van der Waals surface area contributed by atoms with Crippen molar-refractivity contribution in [2.24, 2.45) is 0 Å². The second-order valence-corrected chi connectivity index (χ2v) is 6.06. The summed E-state index contributed by atoms with van der Waals surface area (Å²) in [6, 6.07) is 9.79. The fourth-order valence-corrected chi connectivity index (χ4v) is 2.80. The van der Waals surface area contributed by atoms with Gasteiger partial charge in [-0.2, -0.15) is 0 Å². The largest absolute Gasteiger partial charge is 0.469 e. The van der Waals surface area contributed by atoms with Gasteiger partial charge in [-0.15, -0.1) is 11.3 Å². The van der Waals surface area contributed by atoms with E-state index in [1.165, 1.54) is 30.6 Å². The normalized spacial score (nSPS) is 10.3. The molecule has 0 aliphatic heterocycles. The first-order valence-electron chi connectivity index (χ1n) is 7.20. The van der Waals surface area contributed by atoms with Crippen LogP contribution in [-0.2, 0) is 27.3 Å². The van der Waals surface area contributed by atoms with Crippen molar-refractivity contribution in [3.05, 3.63) is 58.0 Å². The Morgan fingerprint density at radius 2 is 1.96 bits per heavy atom. The standard InChI is InChI=1S/C17H18FNO3S/c1-22-17(21)8-9-19(12-13-4-6-14(18)7-5-13)16(20)11-15-3-2-10-23-15/h2-7,10H,8-9,11-12H2,1H3. The molecule has 0 bridgehead atoms. The minimum Gasteiger partial charge on any atom is -0.469 e. The lowest BCUT2D eigenvalue weighted by molar-refractivity contribution is -0.141. The minimum atomic E-state index is -0.363. The highest BCUT2D eigenvalue weighted by atomic mass is 32.1. The lowest BCUT2D eigenvalue weighted by Crippen LogP contribution is -2.33. The number of hydrogen-bond donors (Lipinski definition) is 0. The van der Waals surface area contributed by atoms with Gasteiger partial charge < -0.3 is 9.64 Å². The average molecular weight is 335 g/mol. The highest BCUT2D eigenvalue weighted by Crippen LogP contribution is 2.13. The van der Waals surface area contributed by atoms with Crippen molar-refractivity contribution >= 4 is 23.2 Å². The minimum absolute atomic E-state index is 0.0688. The first-order chi connectivity index (χ1) is 11.1. The molecule has 23 heavy (non-hydrogen) atoms. The number of amides is 1. The van der Waals surface area contributed by atoms with Crippen LogP contribution in [-0.4, -0.2) is 30.4 Å². The summed E-state index contributed by atoms with van der Waals surface area (Å²) in [4.78, 5) is 26.4. The van der Waals surface area contributed by atoms with Gasteiger partial charge in [0.1, 0.15) is 5.82 Å². The van der Waals surface area contributed by atoms with Crippen LogP contribution in [0.1, 0.15) is 16.9 Å². The zero-order valence-corrected chi connectivity index (χ0v) is 13.6. The molecule has 0 radical (unpaired) electrons. The molecule has 0 saturated carbocycles. The van der Waals surface area contributed by atoms with Crippen LogP contribution in [0.2, 0.25) is 0 Å². The van der Waals surface area contributed by atoms with Crippen molar-refractivity contribution in [3.8, 4) is 0 Å². The molecule has 0 N–H and O–H groups in total. The van der Waals surface area contributed by atoms with Gasteiger partial charge in [0.2, 0.25) is 5.91 Å². The monoisotopic (exact) mass is 335 g/mol. The van der Waals surface area contributed by atoms with Crippen LogP contribution in [0, 0.1) is 5.82 Å². The molecular weight excluding hydrogens is 317 g/mol. The molecule has 0 atom stereocenters. The van der Waals surface area contributed by atoms with Gasteiger partial charge in [0, 0.05) is 18.0 Å². The van der Waals surface area contributed by atoms with Crippen molar-refractivity contribution in [2.45, 2.75) is 19.4 Å². The number of nitrogens with zero attached hydrogens (tertiary/aromatic N) is 1. The quantitative estimate of drug-likeness (QED) is 0.731. The fourth-order valence-electron chi connectivity index (χ4n) is 2.10. The van der Waals surface area contributed by atoms with E-state index in [-0.39, 0.29) is 30.7 Å². The summed E-state index contributed by atoms with van der Waals surface area (Å²) >= 11 is 1.52. The summed E-state index contributed by atoms with van der Waals surface area (Å²) in [5.74, 6) is -0.751. The Kier molecular flexibility index (Phi) is 6.29. The van der Waals surface area contributed by atoms with Crippen molar-refractivity contribution in [2.75, 3.05) is 13.7 Å². The highest BCUT2D eigenvalue weighted by molar-refractivity contribution is 7.10. The summed E-state index contributed by atoms with van der Waals surface area (Å²) in [7, 11) is 1.32. The Bertz CT molecular complexity index is 640. The Hall–Kier alpha value is -2.21. The van der Waals surface area contributed by atoms with Gasteiger partial charge in [-0.05, 0) is 29.1 Å². The fraction of sp³-hybridized carbons (Fsp3) is 0.294. The van der Waals surface area contributed by atoms with E-state index in [9.17, 15) is 14.0 Å². The SMILES string of the molecule is COC(=O)CCN(Cc1ccc(F)cc1)C(=O)Cc1cccs1. The summed E-state index contributed by atoms with van der Waals surface area (Å²) in [5.41, 5.74) is 0.816. The smallest absolute Gasteiger partial charge is 0.307 e. The van der Waals surface area contributed by atoms with E-state index in [2.05, 4.69) is 4.74 Å². The molecular formula is C17H18FNO3S. The molecule has 1 amide bonds. The first kappa shape index (κ1) is 17.1. The number of methoxy groups -OCH3 is 1. The number of rotatable bonds is 7. The van der Waals surface area contributed by atoms with Gasteiger partial charge >= 0.3 is 5.97 Å². The predicted octanol–water partition coefficient (Wildman–Crippen LogP) is 3.02. The molecule has 6 heteroatoms. The van der Waals surface area contributed by atoms with Crippen molar-refractivity contribution < 1.29 is 18.7 Å². The van der Waals surface area contributed by atoms with Crippen LogP contribution in [0.5, 0.6) is 0 Å². The number of carbonyl (C=O) groups is 2. The topological polar surface area (TPSA) is 46.6 Å². The van der Waals surface area contributed by atoms with Gasteiger partial charge in [-0.3, -0.25) is 9.59 Å². The molecule has 2 rings (SSSR count). The molecule has 0 spiro atoms. The molecule has 122 valence electrons. The molecule has 2 aromatic rings. The Balaban J connectivity index is 2.05. The molecule has 0 unspecified atom stereocenters. The maximum absolute atomic E-state index is 13.0. The van der Waals surface area contributed by atoms with Crippen LogP contribution in [0.15, 0.2) is 41.8 Å². The third-order valence-corrected chi connectivity index (χ3v) is 4.23. The zero-order valence-electron chi connectivity index (χ0n) is 12.8. The summed E-state index contributed by atoms with van der Waals surface area (Å²) in [6.07, 6.45) is 0.425. The predicted molar refractivity (Wildman–Crippen MR) is 86.5 cm³/mol. The third kappa shape index (κ3) is 5.49. The molecule has 0 aliphatic carbocycles. The molecule has 0 aliphatic rings. The average Bonchev–Trinajstić information content (AvgIpc) is 3.05. The highest BCUT2D eigenvalue weighted by Gasteiger charge is 2.16. The maximum atomic E-state index is 13.0. The Labute approximate surface area is 138 Å². The van der Waals surface area contributed by atoms with Crippen molar-refractivity contribution in [1.82, 2.24) is 4.90 Å². The summed E-state index contributed by atoms with van der Waals surface area (Å²) in [5, 5.41) is 1.92. The molecule has 1 heterocycles. The van der Waals surface area contributed by atoms with Gasteiger partial charge in [0.25, 0.3) is 0 Å². The number of halogens is 1. The number of benzene rings is 1. The van der Waals surface area contributed by atoms with Crippen molar-refractivity contribution in [1.29, 1.82) is 0 Å². The Morgan fingerprint density at radius 3 is 2.57 bits per heavy atom. The number of thiophene rings is 1. The van der Waals surface area contributed by atoms with Crippen LogP contribution in [0.25, 0.3) is 0 Å². The molecule has 0 saturated heterocycles. The van der Waals surface area contributed by atoms with E-state index in [0.717, 1.165) is 10.4 Å². The van der Waals surface area contributed by atoms with Crippen molar-refractivity contribution in [3.63, 3.8) is 0 Å². The van der Waals surface area contributed by atoms with Gasteiger partial charge in [-0.1, -0.05) is 18.2 Å². The molecule has 4 nitrogen and oxygen atoms in total. The number of ether oxygens (including phenoxy) is 1. The second kappa shape index (κ2) is 8.43. The van der Waals surface area contributed by atoms with E-state index in [4.69, 9.17) is 0 Å². The van der Waals surface area contributed by atoms with Crippen LogP contribution < -0.4 is 0 Å². The molecule has 1 aromatic heterocycles. The first-order valence-corrected chi connectivity index (χ1v) is 8.08. The van der Waals surface area contributed by atoms with Gasteiger partial charge in [0.05, 0.1) is 20.0 Å². The Morgan fingerprint density at radius 1 is 1.22 bits per heavy atom. The molecule has 1 aromatic carbocycles.